The standard InChI is InChI=1S/C17H27N3O/c1-12-6-5-7-13(2)15(12)19-16(21)14(3)20-9-8-17(4,10-18)11-20/h5-7,14H,8-11,18H2,1-4H3,(H,19,21). The van der Waals surface area contributed by atoms with Gasteiger partial charge in [0.15, 0.2) is 0 Å². The van der Waals surface area contributed by atoms with Crippen LogP contribution in [-0.2, 0) is 4.79 Å². The Balaban J connectivity index is 2.04. The molecular weight excluding hydrogens is 262 g/mol. The molecule has 21 heavy (non-hydrogen) atoms. The number of benzene rings is 1. The Morgan fingerprint density at radius 1 is 1.43 bits per heavy atom. The zero-order chi connectivity index (χ0) is 15.6. The van der Waals surface area contributed by atoms with Gasteiger partial charge in [0.2, 0.25) is 5.91 Å². The van der Waals surface area contributed by atoms with E-state index in [1.807, 2.05) is 39.0 Å². The van der Waals surface area contributed by atoms with Crippen LogP contribution in [0.25, 0.3) is 0 Å². The molecule has 0 radical (unpaired) electrons. The van der Waals surface area contributed by atoms with Crippen molar-refractivity contribution in [2.24, 2.45) is 11.1 Å². The molecule has 2 atom stereocenters. The summed E-state index contributed by atoms with van der Waals surface area (Å²) in [6.07, 6.45) is 1.06. The first kappa shape index (κ1) is 16.0. The summed E-state index contributed by atoms with van der Waals surface area (Å²) in [6, 6.07) is 5.93. The summed E-state index contributed by atoms with van der Waals surface area (Å²) in [5, 5.41) is 3.09. The van der Waals surface area contributed by atoms with Gasteiger partial charge in [0.25, 0.3) is 0 Å². The van der Waals surface area contributed by atoms with Gasteiger partial charge in [-0.2, -0.15) is 0 Å². The van der Waals surface area contributed by atoms with Gasteiger partial charge in [-0.3, -0.25) is 9.69 Å². The largest absolute Gasteiger partial charge is 0.330 e. The van der Waals surface area contributed by atoms with E-state index >= 15 is 0 Å². The van der Waals surface area contributed by atoms with Crippen LogP contribution >= 0.6 is 0 Å². The van der Waals surface area contributed by atoms with Crippen molar-refractivity contribution < 1.29 is 4.79 Å². The fourth-order valence-corrected chi connectivity index (χ4v) is 2.96. The van der Waals surface area contributed by atoms with Crippen LogP contribution in [0.2, 0.25) is 0 Å². The number of anilines is 1. The van der Waals surface area contributed by atoms with Crippen molar-refractivity contribution in [1.82, 2.24) is 4.90 Å². The quantitative estimate of drug-likeness (QED) is 0.894. The first-order valence-electron chi connectivity index (χ1n) is 7.67. The van der Waals surface area contributed by atoms with Crippen LogP contribution in [0.1, 0.15) is 31.4 Å². The molecule has 0 aliphatic carbocycles. The third kappa shape index (κ3) is 3.44. The van der Waals surface area contributed by atoms with Crippen molar-refractivity contribution in [3.8, 4) is 0 Å². The van der Waals surface area contributed by atoms with E-state index in [4.69, 9.17) is 5.73 Å². The second-order valence-electron chi connectivity index (χ2n) is 6.67. The predicted octanol–water partition coefficient (Wildman–Crippen LogP) is 2.30. The number of nitrogens with two attached hydrogens (primary N) is 1. The van der Waals surface area contributed by atoms with Gasteiger partial charge in [-0.1, -0.05) is 25.1 Å². The summed E-state index contributed by atoms with van der Waals surface area (Å²) in [5.74, 6) is 0.0636. The van der Waals surface area contributed by atoms with Crippen LogP contribution in [0.5, 0.6) is 0 Å². The van der Waals surface area contributed by atoms with Crippen LogP contribution in [0.15, 0.2) is 18.2 Å². The Labute approximate surface area is 127 Å². The molecular formula is C17H27N3O. The van der Waals surface area contributed by atoms with E-state index in [1.165, 1.54) is 0 Å². The molecule has 1 saturated heterocycles. The minimum absolute atomic E-state index is 0.0636. The molecule has 4 nitrogen and oxygen atoms in total. The maximum Gasteiger partial charge on any atom is 0.241 e. The normalized spacial score (nSPS) is 24.0. The monoisotopic (exact) mass is 289 g/mol. The van der Waals surface area contributed by atoms with Crippen molar-refractivity contribution >= 4 is 11.6 Å². The minimum Gasteiger partial charge on any atom is -0.330 e. The molecule has 2 unspecified atom stereocenters. The second kappa shape index (κ2) is 6.16. The van der Waals surface area contributed by atoms with Crippen molar-refractivity contribution in [3.05, 3.63) is 29.3 Å². The highest BCUT2D eigenvalue weighted by Gasteiger charge is 2.36. The van der Waals surface area contributed by atoms with E-state index in [1.54, 1.807) is 0 Å². The molecule has 0 spiro atoms. The fraction of sp³-hybridized carbons (Fsp3) is 0.588. The van der Waals surface area contributed by atoms with Crippen LogP contribution in [-0.4, -0.2) is 36.5 Å². The molecule has 2 rings (SSSR count). The number of rotatable bonds is 4. The Hall–Kier alpha value is -1.39. The van der Waals surface area contributed by atoms with Crippen LogP contribution in [0, 0.1) is 19.3 Å². The van der Waals surface area contributed by atoms with Gasteiger partial charge in [0.05, 0.1) is 6.04 Å². The molecule has 1 amide bonds. The number of amides is 1. The van der Waals surface area contributed by atoms with Gasteiger partial charge in [-0.05, 0) is 56.8 Å². The van der Waals surface area contributed by atoms with E-state index in [9.17, 15) is 4.79 Å². The molecule has 0 aromatic heterocycles. The molecule has 4 heteroatoms. The highest BCUT2D eigenvalue weighted by atomic mass is 16.2. The lowest BCUT2D eigenvalue weighted by Crippen LogP contribution is -2.42. The van der Waals surface area contributed by atoms with Gasteiger partial charge >= 0.3 is 0 Å². The molecule has 3 N–H and O–H groups in total. The van der Waals surface area contributed by atoms with Crippen molar-refractivity contribution in [2.75, 3.05) is 25.0 Å². The number of aryl methyl sites for hydroxylation is 2. The number of nitrogens with one attached hydrogen (secondary N) is 1. The van der Waals surface area contributed by atoms with Crippen LogP contribution < -0.4 is 11.1 Å². The lowest BCUT2D eigenvalue weighted by Gasteiger charge is -2.27. The maximum absolute atomic E-state index is 12.5. The van der Waals surface area contributed by atoms with Gasteiger partial charge in [-0.25, -0.2) is 0 Å². The summed E-state index contributed by atoms with van der Waals surface area (Å²) in [4.78, 5) is 14.8. The van der Waals surface area contributed by atoms with E-state index in [0.717, 1.165) is 36.3 Å². The van der Waals surface area contributed by atoms with E-state index in [-0.39, 0.29) is 17.4 Å². The number of hydrogen-bond donors (Lipinski definition) is 2. The minimum atomic E-state index is -0.127. The molecule has 1 aliphatic rings. The Bertz CT molecular complexity index is 509. The Morgan fingerprint density at radius 3 is 2.57 bits per heavy atom. The van der Waals surface area contributed by atoms with Crippen molar-refractivity contribution in [1.29, 1.82) is 0 Å². The summed E-state index contributed by atoms with van der Waals surface area (Å²) >= 11 is 0. The zero-order valence-electron chi connectivity index (χ0n) is 13.6. The van der Waals surface area contributed by atoms with Gasteiger partial charge in [0, 0.05) is 12.2 Å². The van der Waals surface area contributed by atoms with E-state index in [2.05, 4.69) is 17.1 Å². The molecule has 1 aromatic rings. The predicted molar refractivity (Wildman–Crippen MR) is 87.4 cm³/mol. The highest BCUT2D eigenvalue weighted by molar-refractivity contribution is 5.95. The summed E-state index contributed by atoms with van der Waals surface area (Å²) in [6.45, 7) is 10.7. The molecule has 1 fully saturated rings. The lowest BCUT2D eigenvalue weighted by atomic mass is 9.90. The van der Waals surface area contributed by atoms with Gasteiger partial charge < -0.3 is 11.1 Å². The lowest BCUT2D eigenvalue weighted by molar-refractivity contribution is -0.120. The highest BCUT2D eigenvalue weighted by Crippen LogP contribution is 2.30. The second-order valence-corrected chi connectivity index (χ2v) is 6.67. The molecule has 1 heterocycles. The molecule has 1 aliphatic heterocycles. The topological polar surface area (TPSA) is 58.4 Å². The molecule has 0 bridgehead atoms. The van der Waals surface area contributed by atoms with Crippen molar-refractivity contribution in [2.45, 2.75) is 40.2 Å². The smallest absolute Gasteiger partial charge is 0.241 e. The third-order valence-electron chi connectivity index (χ3n) is 4.74. The molecule has 116 valence electrons. The van der Waals surface area contributed by atoms with Gasteiger partial charge in [-0.15, -0.1) is 0 Å². The van der Waals surface area contributed by atoms with Crippen molar-refractivity contribution in [3.63, 3.8) is 0 Å². The van der Waals surface area contributed by atoms with E-state index in [0.29, 0.717) is 6.54 Å². The number of carbonyl (C=O) groups excluding carboxylic acids is 1. The number of hydrogen-bond acceptors (Lipinski definition) is 3. The first-order valence-corrected chi connectivity index (χ1v) is 7.67. The molecule has 1 aromatic carbocycles. The average Bonchev–Trinajstić information content (AvgIpc) is 2.85. The maximum atomic E-state index is 12.5. The average molecular weight is 289 g/mol. The Kier molecular flexibility index (Phi) is 4.69. The summed E-state index contributed by atoms with van der Waals surface area (Å²) in [7, 11) is 0. The van der Waals surface area contributed by atoms with Gasteiger partial charge in [0.1, 0.15) is 0 Å². The number of likely N-dealkylation sites (tertiary alicyclic amines) is 1. The number of nitrogens with zero attached hydrogens (tertiary/aromatic N) is 1. The zero-order valence-corrected chi connectivity index (χ0v) is 13.6. The first-order chi connectivity index (χ1) is 9.86. The van der Waals surface area contributed by atoms with Crippen LogP contribution in [0.4, 0.5) is 5.69 Å². The number of carbonyl (C=O) groups is 1. The van der Waals surface area contributed by atoms with Crippen LogP contribution in [0.3, 0.4) is 0 Å². The Morgan fingerprint density at radius 2 is 2.05 bits per heavy atom. The molecule has 0 saturated carbocycles. The summed E-state index contributed by atoms with van der Waals surface area (Å²) < 4.78 is 0. The fourth-order valence-electron chi connectivity index (χ4n) is 2.96. The van der Waals surface area contributed by atoms with E-state index < -0.39 is 0 Å². The third-order valence-corrected chi connectivity index (χ3v) is 4.74. The summed E-state index contributed by atoms with van der Waals surface area (Å²) in [5.41, 5.74) is 9.13. The SMILES string of the molecule is Cc1cccc(C)c1NC(=O)C(C)N1CCC(C)(CN)C1. The number of para-hydroxylation sites is 1.